The Hall–Kier alpha value is 0.358. The van der Waals surface area contributed by atoms with Gasteiger partial charge in [-0.05, 0) is 32.6 Å². The molecule has 1 N–H and O–H groups in total. The first kappa shape index (κ1) is 23.4. The number of rotatable bonds is 7. The molecule has 8 heteroatoms. The number of halogens is 6. The van der Waals surface area contributed by atoms with Gasteiger partial charge in [0.25, 0.3) is 0 Å². The molecule has 3 unspecified atom stereocenters. The molecule has 0 saturated carbocycles. The van der Waals surface area contributed by atoms with Gasteiger partial charge in [-0.3, -0.25) is 0 Å². The van der Waals surface area contributed by atoms with Crippen molar-refractivity contribution in [2.24, 2.45) is 5.92 Å². The van der Waals surface area contributed by atoms with Crippen molar-refractivity contribution in [2.75, 3.05) is 13.1 Å². The first-order valence-electron chi connectivity index (χ1n) is 8.61. The third-order valence-electron chi connectivity index (χ3n) is 4.51. The van der Waals surface area contributed by atoms with Crippen molar-refractivity contribution in [2.45, 2.75) is 78.2 Å². The molecule has 1 nitrogen and oxygen atoms in total. The molecule has 1 aliphatic heterocycles. The second kappa shape index (κ2) is 8.64. The fraction of sp³-hybridized carbons (Fsp3) is 1.00. The van der Waals surface area contributed by atoms with E-state index in [9.17, 15) is 16.9 Å². The monoisotopic (exact) mass is 461 g/mol. The number of nitrogens with one attached hydrogen (secondary N) is 1. The van der Waals surface area contributed by atoms with Gasteiger partial charge in [-0.15, -0.1) is 0 Å². The molecule has 144 valence electrons. The summed E-state index contributed by atoms with van der Waals surface area (Å²) < 4.78 is 59.6. The normalized spacial score (nSPS) is 28.3. The third-order valence-corrected chi connectivity index (χ3v) is 4.51. The van der Waals surface area contributed by atoms with Gasteiger partial charge < -0.3 is 4.90 Å². The number of quaternary nitrogens is 1. The molecule has 0 bridgehead atoms. The molecule has 3 atom stereocenters. The first-order chi connectivity index (χ1) is 10.2. The first-order valence-corrected chi connectivity index (χ1v) is 14.4. The van der Waals surface area contributed by atoms with E-state index in [0.717, 1.165) is 12.0 Å². The summed E-state index contributed by atoms with van der Waals surface area (Å²) in [6, 6.07) is 0.907. The van der Waals surface area contributed by atoms with Gasteiger partial charge in [-0.1, -0.05) is 39.5 Å². The summed E-state index contributed by atoms with van der Waals surface area (Å²) in [5.41, 5.74) is 0. The summed E-state index contributed by atoms with van der Waals surface area (Å²) in [5.74, 6) is 0.948. The standard InChI is InChI=1S/C15H31N.6FH.Sb/c1-4-5-6-7-8-9-12-16-13-10-11-14(2)15(16)3;;;;;;;/h14-15H,4-13H2,1-3H3;6*1H;/q;;;;;;;+5/p-5. The van der Waals surface area contributed by atoms with Crippen molar-refractivity contribution < 1.29 is 21.8 Å². The van der Waals surface area contributed by atoms with Gasteiger partial charge in [-0.25, -0.2) is 0 Å². The van der Waals surface area contributed by atoms with Gasteiger partial charge in [0.15, 0.2) is 0 Å². The minimum atomic E-state index is -11.2. The van der Waals surface area contributed by atoms with Crippen LogP contribution in [0.3, 0.4) is 0 Å². The molecule has 1 rings (SSSR count). The van der Waals surface area contributed by atoms with Crippen LogP contribution in [0.4, 0.5) is 16.9 Å². The molecular formula is C15H32F6NSb. The zero-order valence-corrected chi connectivity index (χ0v) is 17.0. The Balaban J connectivity index is 0.000000585. The second-order valence-electron chi connectivity index (χ2n) is 6.79. The van der Waals surface area contributed by atoms with Crippen molar-refractivity contribution in [3.8, 4) is 0 Å². The number of piperidine rings is 1. The van der Waals surface area contributed by atoms with Gasteiger partial charge in [0.1, 0.15) is 0 Å². The second-order valence-corrected chi connectivity index (χ2v) is 12.3. The summed E-state index contributed by atoms with van der Waals surface area (Å²) >= 11 is -11.2. The Morgan fingerprint density at radius 2 is 1.35 bits per heavy atom. The molecular weight excluding hydrogens is 430 g/mol. The molecule has 0 aromatic rings. The van der Waals surface area contributed by atoms with Crippen molar-refractivity contribution >= 4 is 19.5 Å². The topological polar surface area (TPSA) is 4.44 Å². The van der Waals surface area contributed by atoms with E-state index < -0.39 is 19.5 Å². The van der Waals surface area contributed by atoms with E-state index in [-0.39, 0.29) is 0 Å². The number of hydrogen-bond acceptors (Lipinski definition) is 0. The molecule has 1 aliphatic rings. The number of unbranched alkanes of at least 4 members (excludes halogenated alkanes) is 5. The summed E-state index contributed by atoms with van der Waals surface area (Å²) in [6.07, 6.45) is 11.6. The van der Waals surface area contributed by atoms with Crippen LogP contribution in [0.1, 0.15) is 72.1 Å². The number of hydrogen-bond donors (Lipinski definition) is 1. The van der Waals surface area contributed by atoms with Gasteiger partial charge in [0, 0.05) is 5.92 Å². The van der Waals surface area contributed by atoms with Crippen LogP contribution in [0.15, 0.2) is 0 Å². The molecule has 1 fully saturated rings. The van der Waals surface area contributed by atoms with Crippen LogP contribution < -0.4 is 4.90 Å². The maximum absolute atomic E-state index is 11.2. The summed E-state index contributed by atoms with van der Waals surface area (Å²) in [6.45, 7) is 10.0. The van der Waals surface area contributed by atoms with Crippen LogP contribution in [0.25, 0.3) is 0 Å². The van der Waals surface area contributed by atoms with Crippen molar-refractivity contribution in [1.29, 1.82) is 0 Å². The van der Waals surface area contributed by atoms with E-state index >= 15 is 0 Å². The minimum absolute atomic E-state index is 0.907. The third kappa shape index (κ3) is 18.5. The Morgan fingerprint density at radius 3 is 1.87 bits per heavy atom. The molecule has 0 radical (unpaired) electrons. The Kier molecular flexibility index (Phi) is 8.77. The molecule has 0 spiro atoms. The van der Waals surface area contributed by atoms with Crippen molar-refractivity contribution in [3.63, 3.8) is 0 Å². The van der Waals surface area contributed by atoms with Crippen molar-refractivity contribution in [1.82, 2.24) is 0 Å². The van der Waals surface area contributed by atoms with E-state index in [0.29, 0.717) is 0 Å². The van der Waals surface area contributed by atoms with Gasteiger partial charge in [-0.2, -0.15) is 0 Å². The summed E-state index contributed by atoms with van der Waals surface area (Å²) in [7, 11) is 0. The molecule has 1 heterocycles. The van der Waals surface area contributed by atoms with Gasteiger partial charge in [0.05, 0.1) is 19.1 Å². The van der Waals surface area contributed by atoms with Crippen LogP contribution >= 0.6 is 0 Å². The number of likely N-dealkylation sites (tertiary alicyclic amines) is 1. The fourth-order valence-electron chi connectivity index (χ4n) is 3.02. The van der Waals surface area contributed by atoms with Crippen molar-refractivity contribution in [3.05, 3.63) is 0 Å². The molecule has 23 heavy (non-hydrogen) atoms. The van der Waals surface area contributed by atoms with E-state index in [4.69, 9.17) is 0 Å². The molecule has 0 aliphatic carbocycles. The molecule has 0 aromatic carbocycles. The van der Waals surface area contributed by atoms with Crippen LogP contribution in [0.2, 0.25) is 0 Å². The van der Waals surface area contributed by atoms with Gasteiger partial charge in [0.2, 0.25) is 0 Å². The average Bonchev–Trinajstić information content (AvgIpc) is 2.35. The van der Waals surface area contributed by atoms with E-state index in [1.165, 1.54) is 64.5 Å². The summed E-state index contributed by atoms with van der Waals surface area (Å²) in [5, 5.41) is 0. The van der Waals surface area contributed by atoms with Crippen LogP contribution in [0, 0.1) is 5.92 Å². The van der Waals surface area contributed by atoms with E-state index in [1.807, 2.05) is 4.90 Å². The predicted octanol–water partition coefficient (Wildman–Crippen LogP) is 5.19. The molecule has 1 saturated heterocycles. The summed E-state index contributed by atoms with van der Waals surface area (Å²) in [4.78, 5) is 1.88. The van der Waals surface area contributed by atoms with Crippen LogP contribution in [-0.4, -0.2) is 38.6 Å². The zero-order valence-electron chi connectivity index (χ0n) is 14.4. The van der Waals surface area contributed by atoms with Gasteiger partial charge >= 0.3 is 36.4 Å². The predicted molar refractivity (Wildman–Crippen MR) is 84.3 cm³/mol. The Labute approximate surface area is 138 Å². The quantitative estimate of drug-likeness (QED) is 0.302. The van der Waals surface area contributed by atoms with Crippen LogP contribution in [0.5, 0.6) is 0 Å². The van der Waals surface area contributed by atoms with Crippen LogP contribution in [-0.2, 0) is 0 Å². The fourth-order valence-corrected chi connectivity index (χ4v) is 3.02. The molecule has 0 amide bonds. The Morgan fingerprint density at radius 1 is 0.870 bits per heavy atom. The average molecular weight is 462 g/mol. The maximum atomic E-state index is 9.93. The SMILES string of the molecule is CCCCCCCC[NH+]1CCCC(C)C1C.[F][Sb-]([F])([F])([F])([F])[F]. The molecule has 0 aromatic heterocycles. The zero-order chi connectivity index (χ0) is 18.2. The van der Waals surface area contributed by atoms with E-state index in [1.54, 1.807) is 0 Å². The van der Waals surface area contributed by atoms with E-state index in [2.05, 4.69) is 20.8 Å². The Bertz CT molecular complexity index is 317.